The summed E-state index contributed by atoms with van der Waals surface area (Å²) in [5.41, 5.74) is 3.63. The topological polar surface area (TPSA) is 50.6 Å². The third-order valence-electron chi connectivity index (χ3n) is 8.61. The normalized spacial score (nSPS) is 23.0. The quantitative estimate of drug-likeness (QED) is 0.247. The number of rotatable bonds is 8. The van der Waals surface area contributed by atoms with Gasteiger partial charge in [-0.3, -0.25) is 14.5 Å². The van der Waals surface area contributed by atoms with Crippen LogP contribution in [-0.2, 0) is 20.1 Å². The van der Waals surface area contributed by atoms with Crippen molar-refractivity contribution in [3.63, 3.8) is 0 Å². The molecule has 0 aliphatic carbocycles. The smallest absolute Gasteiger partial charge is 0.117 e. The molecule has 2 aromatic carbocycles. The highest BCUT2D eigenvalue weighted by Gasteiger charge is 2.42. The number of fused-ring (bicyclic) bond motifs is 4. The van der Waals surface area contributed by atoms with E-state index >= 15 is 0 Å². The van der Waals surface area contributed by atoms with E-state index in [1.807, 2.05) is 12.1 Å². The Bertz CT molecular complexity index is 1470. The SMILES string of the molecule is Cn1nc(-c2ccc3ccccc3c2)cc1[C@H]1CN2CC[C@H]1C[C@@H]2CN(Cc1ccco1)Cc1ccco1. The number of hydrogen-bond acceptors (Lipinski definition) is 5. The van der Waals surface area contributed by atoms with E-state index in [-0.39, 0.29) is 0 Å². The number of nitrogens with zero attached hydrogens (tertiary/aromatic N) is 4. The lowest BCUT2D eigenvalue weighted by Crippen LogP contribution is -2.56. The molecule has 5 aromatic rings. The van der Waals surface area contributed by atoms with Gasteiger partial charge < -0.3 is 8.83 Å². The molecule has 0 amide bonds. The van der Waals surface area contributed by atoms with Crippen LogP contribution in [0.5, 0.6) is 0 Å². The molecule has 3 aromatic heterocycles. The summed E-state index contributed by atoms with van der Waals surface area (Å²) in [4.78, 5) is 5.19. The van der Waals surface area contributed by atoms with Gasteiger partial charge in [0.1, 0.15) is 11.5 Å². The summed E-state index contributed by atoms with van der Waals surface area (Å²) in [6, 6.07) is 26.2. The van der Waals surface area contributed by atoms with Crippen molar-refractivity contribution in [2.75, 3.05) is 19.6 Å². The minimum absolute atomic E-state index is 0.523. The van der Waals surface area contributed by atoms with Crippen LogP contribution >= 0.6 is 0 Å². The van der Waals surface area contributed by atoms with Gasteiger partial charge in [-0.15, -0.1) is 0 Å². The van der Waals surface area contributed by atoms with Gasteiger partial charge in [0.2, 0.25) is 0 Å². The first-order valence-electron chi connectivity index (χ1n) is 13.7. The van der Waals surface area contributed by atoms with Gasteiger partial charge in [0, 0.05) is 43.4 Å². The highest BCUT2D eigenvalue weighted by atomic mass is 16.3. The molecule has 3 fully saturated rings. The highest BCUT2D eigenvalue weighted by Crippen LogP contribution is 2.43. The van der Waals surface area contributed by atoms with E-state index in [9.17, 15) is 0 Å². The Morgan fingerprint density at radius 2 is 1.66 bits per heavy atom. The minimum atomic E-state index is 0.523. The first-order chi connectivity index (χ1) is 18.7. The van der Waals surface area contributed by atoms with Gasteiger partial charge in [0.25, 0.3) is 0 Å². The third kappa shape index (κ3) is 4.59. The Hall–Kier alpha value is -3.61. The lowest BCUT2D eigenvalue weighted by atomic mass is 9.74. The predicted molar refractivity (Wildman–Crippen MR) is 149 cm³/mol. The van der Waals surface area contributed by atoms with Crippen molar-refractivity contribution in [3.05, 3.63) is 103 Å². The van der Waals surface area contributed by atoms with E-state index < -0.39 is 0 Å². The molecule has 0 saturated carbocycles. The maximum atomic E-state index is 5.69. The van der Waals surface area contributed by atoms with Crippen molar-refractivity contribution >= 4 is 10.8 Å². The summed E-state index contributed by atoms with van der Waals surface area (Å²) in [6.07, 6.45) is 6.00. The maximum absolute atomic E-state index is 5.69. The van der Waals surface area contributed by atoms with Crippen LogP contribution in [0.1, 0.15) is 36.0 Å². The largest absolute Gasteiger partial charge is 0.468 e. The zero-order valence-electron chi connectivity index (χ0n) is 21.9. The molecular weight excluding hydrogens is 472 g/mol. The summed E-state index contributed by atoms with van der Waals surface area (Å²) >= 11 is 0. The molecule has 2 bridgehead atoms. The van der Waals surface area contributed by atoms with Crippen molar-refractivity contribution in [2.45, 2.75) is 37.9 Å². The molecule has 0 spiro atoms. The number of aromatic nitrogens is 2. The van der Waals surface area contributed by atoms with E-state index in [0.29, 0.717) is 17.9 Å². The molecule has 6 heterocycles. The van der Waals surface area contributed by atoms with Gasteiger partial charge in [0.05, 0.1) is 31.3 Å². The van der Waals surface area contributed by atoms with Crippen molar-refractivity contribution < 1.29 is 8.83 Å². The molecule has 3 aliphatic rings. The molecule has 6 heteroatoms. The van der Waals surface area contributed by atoms with Gasteiger partial charge >= 0.3 is 0 Å². The number of furan rings is 2. The second-order valence-corrected chi connectivity index (χ2v) is 11.0. The molecule has 38 heavy (non-hydrogen) atoms. The number of piperidine rings is 3. The second-order valence-electron chi connectivity index (χ2n) is 11.0. The summed E-state index contributed by atoms with van der Waals surface area (Å²) in [5.74, 6) is 3.21. The Labute approximate surface area is 223 Å². The fourth-order valence-electron chi connectivity index (χ4n) is 6.71. The van der Waals surface area contributed by atoms with Crippen LogP contribution in [0.25, 0.3) is 22.0 Å². The fraction of sp³-hybridized carbons (Fsp3) is 0.344. The minimum Gasteiger partial charge on any atom is -0.468 e. The average molecular weight is 507 g/mol. The second kappa shape index (κ2) is 9.93. The highest BCUT2D eigenvalue weighted by molar-refractivity contribution is 5.86. The molecule has 8 rings (SSSR count). The van der Waals surface area contributed by atoms with Crippen molar-refractivity contribution in [1.29, 1.82) is 0 Å². The van der Waals surface area contributed by atoms with E-state index in [1.165, 1.54) is 41.4 Å². The van der Waals surface area contributed by atoms with Gasteiger partial charge in [-0.05, 0) is 72.5 Å². The molecule has 1 unspecified atom stereocenters. The number of aryl methyl sites for hydroxylation is 1. The van der Waals surface area contributed by atoms with Crippen LogP contribution in [0.4, 0.5) is 0 Å². The number of hydrogen-bond donors (Lipinski definition) is 0. The molecule has 3 aliphatic heterocycles. The summed E-state index contributed by atoms with van der Waals surface area (Å²) in [7, 11) is 2.11. The van der Waals surface area contributed by atoms with E-state index in [4.69, 9.17) is 13.9 Å². The summed E-state index contributed by atoms with van der Waals surface area (Å²) < 4.78 is 13.5. The zero-order valence-corrected chi connectivity index (χ0v) is 21.9. The van der Waals surface area contributed by atoms with Crippen LogP contribution in [0, 0.1) is 5.92 Å². The lowest BCUT2D eigenvalue weighted by molar-refractivity contribution is 0.00571. The molecule has 0 N–H and O–H groups in total. The Morgan fingerprint density at radius 3 is 2.34 bits per heavy atom. The van der Waals surface area contributed by atoms with Crippen LogP contribution in [0.2, 0.25) is 0 Å². The van der Waals surface area contributed by atoms with Gasteiger partial charge in [-0.2, -0.15) is 5.10 Å². The standard InChI is InChI=1S/C32H34N4O2/c1-34-32(18-31(33-34)26-11-10-23-6-2-3-7-24(23)16-26)30-22-36-13-12-25(30)17-27(36)19-35(20-28-8-4-14-37-28)21-29-9-5-15-38-29/h2-11,14-16,18,25,27,30H,12-13,17,19-22H2,1H3/t25-,27+,30-/m0/s1. The molecule has 0 radical (unpaired) electrons. The summed E-state index contributed by atoms with van der Waals surface area (Å²) in [6.45, 7) is 4.88. The Kier molecular flexibility index (Phi) is 6.14. The fourth-order valence-corrected chi connectivity index (χ4v) is 6.71. The zero-order chi connectivity index (χ0) is 25.5. The predicted octanol–water partition coefficient (Wildman–Crippen LogP) is 6.31. The van der Waals surface area contributed by atoms with Crippen molar-refractivity contribution in [3.8, 4) is 11.3 Å². The van der Waals surface area contributed by atoms with Crippen molar-refractivity contribution in [1.82, 2.24) is 19.6 Å². The summed E-state index contributed by atoms with van der Waals surface area (Å²) in [5, 5.41) is 7.49. The first-order valence-corrected chi connectivity index (χ1v) is 13.7. The van der Waals surface area contributed by atoms with Gasteiger partial charge in [0.15, 0.2) is 0 Å². The van der Waals surface area contributed by atoms with E-state index in [1.54, 1.807) is 12.5 Å². The van der Waals surface area contributed by atoms with Crippen molar-refractivity contribution in [2.24, 2.45) is 13.0 Å². The average Bonchev–Trinajstić information content (AvgIpc) is 3.72. The number of benzene rings is 2. The molecular formula is C32H34N4O2. The van der Waals surface area contributed by atoms with Crippen LogP contribution in [-0.4, -0.2) is 45.3 Å². The van der Waals surface area contributed by atoms with Gasteiger partial charge in [-0.1, -0.05) is 36.4 Å². The van der Waals surface area contributed by atoms with Gasteiger partial charge in [-0.25, -0.2) is 0 Å². The Balaban J connectivity index is 1.08. The first kappa shape index (κ1) is 23.5. The molecule has 4 atom stereocenters. The Morgan fingerprint density at radius 1 is 0.895 bits per heavy atom. The van der Waals surface area contributed by atoms with Crippen LogP contribution < -0.4 is 0 Å². The monoisotopic (exact) mass is 506 g/mol. The van der Waals surface area contributed by atoms with Crippen LogP contribution in [0.3, 0.4) is 0 Å². The lowest BCUT2D eigenvalue weighted by Gasteiger charge is -2.50. The molecule has 3 saturated heterocycles. The van der Waals surface area contributed by atoms with E-state index in [0.717, 1.165) is 43.4 Å². The van der Waals surface area contributed by atoms with E-state index in [2.05, 4.69) is 82.2 Å². The molecule has 194 valence electrons. The third-order valence-corrected chi connectivity index (χ3v) is 8.61. The molecule has 6 nitrogen and oxygen atoms in total. The van der Waals surface area contributed by atoms with Crippen LogP contribution in [0.15, 0.2) is 94.2 Å². The maximum Gasteiger partial charge on any atom is 0.117 e.